The molecule has 1 heterocycles. The van der Waals surface area contributed by atoms with Crippen molar-refractivity contribution in [3.05, 3.63) is 47.2 Å². The molecule has 0 aliphatic carbocycles. The summed E-state index contributed by atoms with van der Waals surface area (Å²) in [5.74, 6) is -1.01. The number of hydrogen-bond donors (Lipinski definition) is 2. The number of carboxylic acid groups (broad SMARTS) is 1. The van der Waals surface area contributed by atoms with Crippen LogP contribution in [0.5, 0.6) is 0 Å². The predicted molar refractivity (Wildman–Crippen MR) is 67.9 cm³/mol. The van der Waals surface area contributed by atoms with E-state index in [9.17, 15) is 4.79 Å². The largest absolute Gasteiger partial charge is 0.480 e. The third-order valence-electron chi connectivity index (χ3n) is 2.55. The lowest BCUT2D eigenvalue weighted by molar-refractivity contribution is -0.138. The minimum absolute atomic E-state index is 0.294. The van der Waals surface area contributed by atoms with Crippen molar-refractivity contribution in [3.8, 4) is 5.69 Å². The zero-order chi connectivity index (χ0) is 13.1. The zero-order valence-electron chi connectivity index (χ0n) is 9.45. The Labute approximate surface area is 109 Å². The van der Waals surface area contributed by atoms with E-state index in [4.69, 9.17) is 22.4 Å². The molecule has 94 valence electrons. The number of nitrogens with two attached hydrogens (primary N) is 1. The van der Waals surface area contributed by atoms with Gasteiger partial charge in [0.1, 0.15) is 11.2 Å². The van der Waals surface area contributed by atoms with E-state index in [2.05, 4.69) is 5.10 Å². The second-order valence-electron chi connectivity index (χ2n) is 3.88. The van der Waals surface area contributed by atoms with Crippen molar-refractivity contribution >= 4 is 17.6 Å². The molecular formula is C12H12ClN3O2. The van der Waals surface area contributed by atoms with Crippen molar-refractivity contribution in [2.45, 2.75) is 12.5 Å². The number of aliphatic carboxylic acids is 1. The van der Waals surface area contributed by atoms with Gasteiger partial charge in [0.2, 0.25) is 0 Å². The van der Waals surface area contributed by atoms with E-state index >= 15 is 0 Å². The van der Waals surface area contributed by atoms with Crippen LogP contribution in [-0.2, 0) is 11.2 Å². The van der Waals surface area contributed by atoms with Crippen molar-refractivity contribution in [1.82, 2.24) is 9.78 Å². The van der Waals surface area contributed by atoms with Crippen molar-refractivity contribution < 1.29 is 9.90 Å². The summed E-state index contributed by atoms with van der Waals surface area (Å²) in [5.41, 5.74) is 7.14. The highest BCUT2D eigenvalue weighted by Crippen LogP contribution is 2.15. The molecule has 1 aromatic carbocycles. The van der Waals surface area contributed by atoms with Gasteiger partial charge in [-0.25, -0.2) is 4.68 Å². The lowest BCUT2D eigenvalue weighted by atomic mass is 10.1. The van der Waals surface area contributed by atoms with E-state index in [0.717, 1.165) is 11.3 Å². The monoisotopic (exact) mass is 265 g/mol. The average Bonchev–Trinajstić information content (AvgIpc) is 2.76. The Morgan fingerprint density at radius 2 is 2.06 bits per heavy atom. The number of rotatable bonds is 4. The average molecular weight is 266 g/mol. The Morgan fingerprint density at radius 1 is 1.39 bits per heavy atom. The number of benzene rings is 1. The minimum atomic E-state index is -1.01. The van der Waals surface area contributed by atoms with E-state index in [1.807, 2.05) is 24.3 Å². The topological polar surface area (TPSA) is 81.1 Å². The maximum atomic E-state index is 10.6. The maximum absolute atomic E-state index is 10.6. The molecule has 0 saturated heterocycles. The normalized spacial score (nSPS) is 12.3. The standard InChI is InChI=1S/C12H12ClN3O2/c13-11-5-6-15-16(11)9-3-1-8(2-4-9)7-10(14)12(17)18/h1-6,10H,7,14H2,(H,17,18). The highest BCUT2D eigenvalue weighted by Gasteiger charge is 2.12. The predicted octanol–water partition coefficient (Wildman–Crippen LogP) is 1.48. The smallest absolute Gasteiger partial charge is 0.320 e. The molecule has 0 saturated carbocycles. The summed E-state index contributed by atoms with van der Waals surface area (Å²) in [6.45, 7) is 0. The van der Waals surface area contributed by atoms with Gasteiger partial charge in [-0.05, 0) is 30.2 Å². The van der Waals surface area contributed by atoms with Crippen LogP contribution >= 0.6 is 11.6 Å². The summed E-state index contributed by atoms with van der Waals surface area (Å²) in [7, 11) is 0. The Morgan fingerprint density at radius 3 is 2.56 bits per heavy atom. The van der Waals surface area contributed by atoms with Gasteiger partial charge in [-0.1, -0.05) is 23.7 Å². The van der Waals surface area contributed by atoms with E-state index in [1.54, 1.807) is 16.9 Å². The molecular weight excluding hydrogens is 254 g/mol. The van der Waals surface area contributed by atoms with Crippen LogP contribution in [0.3, 0.4) is 0 Å². The number of hydrogen-bond acceptors (Lipinski definition) is 3. The fraction of sp³-hybridized carbons (Fsp3) is 0.167. The molecule has 1 atom stereocenters. The van der Waals surface area contributed by atoms with Crippen LogP contribution in [0.1, 0.15) is 5.56 Å². The molecule has 0 amide bonds. The first-order valence-corrected chi connectivity index (χ1v) is 5.73. The third kappa shape index (κ3) is 2.69. The molecule has 6 heteroatoms. The van der Waals surface area contributed by atoms with E-state index in [0.29, 0.717) is 11.6 Å². The molecule has 2 rings (SSSR count). The number of aromatic nitrogens is 2. The number of nitrogens with zero attached hydrogens (tertiary/aromatic N) is 2. The van der Waals surface area contributed by atoms with Crippen molar-refractivity contribution in [2.75, 3.05) is 0 Å². The first-order valence-electron chi connectivity index (χ1n) is 5.35. The summed E-state index contributed by atoms with van der Waals surface area (Å²) in [5, 5.41) is 13.3. The lowest BCUT2D eigenvalue weighted by Crippen LogP contribution is -2.32. The first kappa shape index (κ1) is 12.6. The molecule has 0 aliphatic heterocycles. The molecule has 3 N–H and O–H groups in total. The van der Waals surface area contributed by atoms with Crippen LogP contribution in [0.25, 0.3) is 5.69 Å². The van der Waals surface area contributed by atoms with Gasteiger partial charge in [0, 0.05) is 0 Å². The van der Waals surface area contributed by atoms with Crippen molar-refractivity contribution in [2.24, 2.45) is 5.73 Å². The quantitative estimate of drug-likeness (QED) is 0.877. The summed E-state index contributed by atoms with van der Waals surface area (Å²) >= 11 is 5.94. The van der Waals surface area contributed by atoms with Crippen LogP contribution in [0.2, 0.25) is 5.15 Å². The molecule has 1 aromatic heterocycles. The minimum Gasteiger partial charge on any atom is -0.480 e. The number of carboxylic acids is 1. The number of carbonyl (C=O) groups is 1. The van der Waals surface area contributed by atoms with Crippen LogP contribution < -0.4 is 5.73 Å². The lowest BCUT2D eigenvalue weighted by Gasteiger charge is -2.08. The van der Waals surface area contributed by atoms with Crippen LogP contribution in [0.4, 0.5) is 0 Å². The van der Waals surface area contributed by atoms with Gasteiger partial charge < -0.3 is 10.8 Å². The Hall–Kier alpha value is -1.85. The Kier molecular flexibility index (Phi) is 3.64. The van der Waals surface area contributed by atoms with E-state index < -0.39 is 12.0 Å². The molecule has 0 radical (unpaired) electrons. The Balaban J connectivity index is 2.16. The summed E-state index contributed by atoms with van der Waals surface area (Å²) < 4.78 is 1.59. The van der Waals surface area contributed by atoms with Crippen LogP contribution in [0, 0.1) is 0 Å². The summed E-state index contributed by atoms with van der Waals surface area (Å²) in [6, 6.07) is 8.08. The van der Waals surface area contributed by atoms with E-state index in [1.165, 1.54) is 0 Å². The fourth-order valence-corrected chi connectivity index (χ4v) is 1.79. The van der Waals surface area contributed by atoms with E-state index in [-0.39, 0.29) is 0 Å². The van der Waals surface area contributed by atoms with Crippen molar-refractivity contribution in [1.29, 1.82) is 0 Å². The first-order chi connectivity index (χ1) is 8.58. The summed E-state index contributed by atoms with van der Waals surface area (Å²) in [6.07, 6.45) is 1.90. The van der Waals surface area contributed by atoms with Gasteiger partial charge >= 0.3 is 5.97 Å². The number of halogens is 1. The molecule has 18 heavy (non-hydrogen) atoms. The van der Waals surface area contributed by atoms with Gasteiger partial charge in [-0.2, -0.15) is 5.10 Å². The SMILES string of the molecule is NC(Cc1ccc(-n2nccc2Cl)cc1)C(=O)O. The molecule has 1 unspecified atom stereocenters. The molecule has 0 fully saturated rings. The van der Waals surface area contributed by atoms with Crippen molar-refractivity contribution in [3.63, 3.8) is 0 Å². The van der Waals surface area contributed by atoms with Gasteiger partial charge in [0.15, 0.2) is 0 Å². The van der Waals surface area contributed by atoms with Gasteiger partial charge in [-0.15, -0.1) is 0 Å². The molecule has 5 nitrogen and oxygen atoms in total. The van der Waals surface area contributed by atoms with Gasteiger partial charge in [0.25, 0.3) is 0 Å². The van der Waals surface area contributed by atoms with Crippen LogP contribution in [0.15, 0.2) is 36.5 Å². The third-order valence-corrected chi connectivity index (χ3v) is 2.84. The van der Waals surface area contributed by atoms with Gasteiger partial charge in [-0.3, -0.25) is 4.79 Å². The highest BCUT2D eigenvalue weighted by atomic mass is 35.5. The Bertz CT molecular complexity index is 551. The molecule has 0 aliphatic rings. The molecule has 0 bridgehead atoms. The van der Waals surface area contributed by atoms with Crippen LogP contribution in [-0.4, -0.2) is 26.9 Å². The molecule has 0 spiro atoms. The zero-order valence-corrected chi connectivity index (χ0v) is 10.2. The maximum Gasteiger partial charge on any atom is 0.320 e. The second kappa shape index (κ2) is 5.20. The van der Waals surface area contributed by atoms with Gasteiger partial charge in [0.05, 0.1) is 11.9 Å². The summed E-state index contributed by atoms with van der Waals surface area (Å²) in [4.78, 5) is 10.6. The fourth-order valence-electron chi connectivity index (χ4n) is 1.59. The highest BCUT2D eigenvalue weighted by molar-refractivity contribution is 6.29. The molecule has 2 aromatic rings. The second-order valence-corrected chi connectivity index (χ2v) is 4.27.